The molecule has 6 N–H and O–H groups in total. The SMILES string of the molecule is Nc1c(F)cccc1C(=O)O.Nc1c(F)cccc1CO. The van der Waals surface area contributed by atoms with Crippen molar-refractivity contribution in [2.45, 2.75) is 6.61 Å². The molecule has 0 heterocycles. The molecule has 0 aliphatic rings. The molecule has 0 bridgehead atoms. The summed E-state index contributed by atoms with van der Waals surface area (Å²) in [5.74, 6) is -2.40. The smallest absolute Gasteiger partial charge is 0.337 e. The van der Waals surface area contributed by atoms with Gasteiger partial charge in [-0.1, -0.05) is 18.2 Å². The topological polar surface area (TPSA) is 110 Å². The van der Waals surface area contributed by atoms with E-state index in [0.29, 0.717) is 5.56 Å². The minimum absolute atomic E-state index is 0.0324. The van der Waals surface area contributed by atoms with Crippen LogP contribution in [0, 0.1) is 11.6 Å². The number of aliphatic hydroxyl groups excluding tert-OH is 1. The summed E-state index contributed by atoms with van der Waals surface area (Å²) in [7, 11) is 0. The van der Waals surface area contributed by atoms with E-state index in [1.54, 1.807) is 6.07 Å². The van der Waals surface area contributed by atoms with Crippen molar-refractivity contribution < 1.29 is 23.8 Å². The first-order valence-electron chi connectivity index (χ1n) is 5.79. The summed E-state index contributed by atoms with van der Waals surface area (Å²) in [6, 6.07) is 8.02. The predicted octanol–water partition coefficient (Wildman–Crippen LogP) is 2.01. The summed E-state index contributed by atoms with van der Waals surface area (Å²) >= 11 is 0. The van der Waals surface area contributed by atoms with Gasteiger partial charge in [-0.05, 0) is 18.2 Å². The first-order chi connectivity index (χ1) is 9.88. The molecule has 0 amide bonds. The highest BCUT2D eigenvalue weighted by Gasteiger charge is 2.09. The van der Waals surface area contributed by atoms with Gasteiger partial charge in [0, 0.05) is 5.56 Å². The monoisotopic (exact) mass is 296 g/mol. The summed E-state index contributed by atoms with van der Waals surface area (Å²) in [5, 5.41) is 17.0. The molecule has 2 rings (SSSR count). The number of aromatic carboxylic acids is 1. The fourth-order valence-electron chi connectivity index (χ4n) is 1.44. The largest absolute Gasteiger partial charge is 0.478 e. The van der Waals surface area contributed by atoms with Crippen molar-refractivity contribution in [1.29, 1.82) is 0 Å². The van der Waals surface area contributed by atoms with E-state index >= 15 is 0 Å². The Balaban J connectivity index is 0.000000211. The average molecular weight is 296 g/mol. The van der Waals surface area contributed by atoms with Crippen molar-refractivity contribution in [3.05, 3.63) is 59.2 Å². The van der Waals surface area contributed by atoms with Gasteiger partial charge in [0.2, 0.25) is 0 Å². The molecule has 112 valence electrons. The van der Waals surface area contributed by atoms with E-state index in [0.717, 1.165) is 6.07 Å². The van der Waals surface area contributed by atoms with Crippen molar-refractivity contribution in [3.8, 4) is 0 Å². The lowest BCUT2D eigenvalue weighted by Gasteiger charge is -2.00. The molecule has 0 aliphatic heterocycles. The van der Waals surface area contributed by atoms with Crippen molar-refractivity contribution in [3.63, 3.8) is 0 Å². The predicted molar refractivity (Wildman–Crippen MR) is 74.5 cm³/mol. The second-order valence-corrected chi connectivity index (χ2v) is 3.98. The first kappa shape index (κ1) is 16.4. The molecule has 0 spiro atoms. The number of benzene rings is 2. The van der Waals surface area contributed by atoms with Crippen molar-refractivity contribution in [2.75, 3.05) is 11.5 Å². The third-order valence-corrected chi connectivity index (χ3v) is 2.60. The Morgan fingerprint density at radius 3 is 1.95 bits per heavy atom. The molecule has 0 unspecified atom stereocenters. The van der Waals surface area contributed by atoms with Gasteiger partial charge in [-0.3, -0.25) is 0 Å². The number of para-hydroxylation sites is 2. The maximum Gasteiger partial charge on any atom is 0.337 e. The quantitative estimate of drug-likeness (QED) is 0.634. The number of carboxylic acids is 1. The van der Waals surface area contributed by atoms with Crippen LogP contribution in [0.2, 0.25) is 0 Å². The molecule has 2 aromatic carbocycles. The normalized spacial score (nSPS) is 9.67. The first-order valence-corrected chi connectivity index (χ1v) is 5.79. The Morgan fingerprint density at radius 2 is 1.52 bits per heavy atom. The van der Waals surface area contributed by atoms with Crippen LogP contribution in [0.5, 0.6) is 0 Å². The van der Waals surface area contributed by atoms with Crippen LogP contribution < -0.4 is 11.5 Å². The van der Waals surface area contributed by atoms with Gasteiger partial charge >= 0.3 is 5.97 Å². The molecule has 2 aromatic rings. The maximum atomic E-state index is 12.6. The molecule has 21 heavy (non-hydrogen) atoms. The second-order valence-electron chi connectivity index (χ2n) is 3.98. The summed E-state index contributed by atoms with van der Waals surface area (Å²) < 4.78 is 25.1. The Morgan fingerprint density at radius 1 is 1.00 bits per heavy atom. The molecule has 0 radical (unpaired) electrons. The highest BCUT2D eigenvalue weighted by molar-refractivity contribution is 5.93. The molecule has 5 nitrogen and oxygen atoms in total. The zero-order chi connectivity index (χ0) is 16.0. The van der Waals surface area contributed by atoms with Crippen molar-refractivity contribution in [1.82, 2.24) is 0 Å². The fourth-order valence-corrected chi connectivity index (χ4v) is 1.44. The second kappa shape index (κ2) is 7.20. The molecule has 0 saturated carbocycles. The zero-order valence-electron chi connectivity index (χ0n) is 10.9. The fraction of sp³-hybridized carbons (Fsp3) is 0.0714. The Hall–Kier alpha value is -2.67. The number of aliphatic hydroxyl groups is 1. The minimum atomic E-state index is -1.22. The number of rotatable bonds is 2. The lowest BCUT2D eigenvalue weighted by molar-refractivity contribution is 0.0697. The van der Waals surface area contributed by atoms with E-state index in [1.165, 1.54) is 24.3 Å². The average Bonchev–Trinajstić information content (AvgIpc) is 2.45. The van der Waals surface area contributed by atoms with Crippen LogP contribution in [0.25, 0.3) is 0 Å². The van der Waals surface area contributed by atoms with E-state index in [1.807, 2.05) is 0 Å². The third-order valence-electron chi connectivity index (χ3n) is 2.60. The lowest BCUT2D eigenvalue weighted by Crippen LogP contribution is -2.03. The van der Waals surface area contributed by atoms with Crippen LogP contribution in [-0.2, 0) is 6.61 Å². The number of nitrogens with two attached hydrogens (primary N) is 2. The van der Waals surface area contributed by atoms with Crippen LogP contribution in [0.4, 0.5) is 20.2 Å². The van der Waals surface area contributed by atoms with Crippen LogP contribution in [0.3, 0.4) is 0 Å². The van der Waals surface area contributed by atoms with E-state index in [9.17, 15) is 13.6 Å². The summed E-state index contributed by atoms with van der Waals surface area (Å²) in [6.07, 6.45) is 0. The number of hydrogen-bond acceptors (Lipinski definition) is 4. The van der Waals surface area contributed by atoms with Gasteiger partial charge in [-0.25, -0.2) is 13.6 Å². The van der Waals surface area contributed by atoms with Gasteiger partial charge in [0.05, 0.1) is 23.5 Å². The number of hydrogen-bond donors (Lipinski definition) is 4. The van der Waals surface area contributed by atoms with E-state index < -0.39 is 17.6 Å². The minimum Gasteiger partial charge on any atom is -0.478 e. The van der Waals surface area contributed by atoms with Crippen LogP contribution >= 0.6 is 0 Å². The van der Waals surface area contributed by atoms with Gasteiger partial charge in [-0.15, -0.1) is 0 Å². The summed E-state index contributed by atoms with van der Waals surface area (Å²) in [4.78, 5) is 10.3. The van der Waals surface area contributed by atoms with E-state index in [4.69, 9.17) is 21.7 Å². The molecule has 0 saturated heterocycles. The Labute approximate surface area is 119 Å². The molecule has 0 fully saturated rings. The molecular formula is C14H14F2N2O3. The lowest BCUT2D eigenvalue weighted by atomic mass is 10.2. The van der Waals surface area contributed by atoms with Crippen molar-refractivity contribution >= 4 is 17.3 Å². The molecular weight excluding hydrogens is 282 g/mol. The van der Waals surface area contributed by atoms with Crippen LogP contribution in [0.1, 0.15) is 15.9 Å². The van der Waals surface area contributed by atoms with Crippen LogP contribution in [0.15, 0.2) is 36.4 Å². The number of anilines is 2. The van der Waals surface area contributed by atoms with Gasteiger partial charge in [0.15, 0.2) is 0 Å². The van der Waals surface area contributed by atoms with Gasteiger partial charge in [0.1, 0.15) is 11.6 Å². The maximum absolute atomic E-state index is 12.6. The van der Waals surface area contributed by atoms with Gasteiger partial charge in [-0.2, -0.15) is 0 Å². The molecule has 7 heteroatoms. The Kier molecular flexibility index (Phi) is 5.62. The molecule has 0 aliphatic carbocycles. The van der Waals surface area contributed by atoms with Crippen molar-refractivity contribution in [2.24, 2.45) is 0 Å². The number of halogens is 2. The summed E-state index contributed by atoms with van der Waals surface area (Å²) in [5.41, 5.74) is 10.3. The van der Waals surface area contributed by atoms with Crippen LogP contribution in [-0.4, -0.2) is 16.2 Å². The third kappa shape index (κ3) is 4.15. The zero-order valence-corrected chi connectivity index (χ0v) is 10.9. The number of carboxylic acid groups (broad SMARTS) is 1. The Bertz CT molecular complexity index is 648. The molecule has 0 aromatic heterocycles. The highest BCUT2D eigenvalue weighted by atomic mass is 19.1. The van der Waals surface area contributed by atoms with E-state index in [-0.39, 0.29) is 23.5 Å². The number of nitrogen functional groups attached to an aromatic ring is 2. The number of carbonyl (C=O) groups is 1. The standard InChI is InChI=1S/C7H6FNO2.C7H8FNO/c8-5-3-1-2-4(6(5)9)7(10)11;8-6-3-1-2-5(4-10)7(6)9/h1-3H,9H2,(H,10,11);1-3,10H,4,9H2. The molecule has 0 atom stereocenters. The highest BCUT2D eigenvalue weighted by Crippen LogP contribution is 2.15. The van der Waals surface area contributed by atoms with Gasteiger partial charge in [0.25, 0.3) is 0 Å². The summed E-state index contributed by atoms with van der Waals surface area (Å²) in [6.45, 7) is -0.219. The van der Waals surface area contributed by atoms with Gasteiger partial charge < -0.3 is 21.7 Å². The van der Waals surface area contributed by atoms with E-state index in [2.05, 4.69) is 0 Å².